The summed E-state index contributed by atoms with van der Waals surface area (Å²) in [4.78, 5) is 31.4. The number of ether oxygens (including phenoxy) is 1. The Morgan fingerprint density at radius 1 is 1.09 bits per heavy atom. The Labute approximate surface area is 205 Å². The van der Waals surface area contributed by atoms with E-state index in [0.29, 0.717) is 28.2 Å². The molecule has 0 radical (unpaired) electrons. The first-order valence-corrected chi connectivity index (χ1v) is 12.0. The zero-order chi connectivity index (χ0) is 23.7. The zero-order valence-electron chi connectivity index (χ0n) is 18.1. The van der Waals surface area contributed by atoms with Crippen molar-refractivity contribution in [3.05, 3.63) is 83.4 Å². The molecule has 1 atom stereocenters. The monoisotopic (exact) mass is 492 g/mol. The number of carbonyl (C=O) groups excluding carboxylic acids is 2. The number of primary amides is 1. The van der Waals surface area contributed by atoms with Gasteiger partial charge in [-0.1, -0.05) is 65.8 Å². The third-order valence-corrected chi connectivity index (χ3v) is 6.77. The fourth-order valence-corrected chi connectivity index (χ4v) is 4.99. The Morgan fingerprint density at radius 3 is 2.65 bits per heavy atom. The highest BCUT2D eigenvalue weighted by Gasteiger charge is 2.32. The lowest BCUT2D eigenvalue weighted by molar-refractivity contribution is -0.125. The molecule has 3 aromatic carbocycles. The maximum absolute atomic E-state index is 13.3. The molecule has 0 bridgehead atoms. The van der Waals surface area contributed by atoms with Crippen molar-refractivity contribution in [2.45, 2.75) is 17.8 Å². The molecular weight excluding hydrogens is 472 g/mol. The van der Waals surface area contributed by atoms with Crippen molar-refractivity contribution >= 4 is 51.9 Å². The first-order valence-electron chi connectivity index (χ1n) is 10.7. The van der Waals surface area contributed by atoms with E-state index in [2.05, 4.69) is 16.7 Å². The number of fused-ring (bicyclic) bond motifs is 2. The quantitative estimate of drug-likeness (QED) is 0.409. The van der Waals surface area contributed by atoms with Gasteiger partial charge in [0.2, 0.25) is 5.91 Å². The Balaban J connectivity index is 1.42. The summed E-state index contributed by atoms with van der Waals surface area (Å²) in [5.41, 5.74) is 8.92. The molecule has 5 rings (SSSR count). The molecule has 0 aliphatic carbocycles. The number of aromatic nitrogens is 2. The summed E-state index contributed by atoms with van der Waals surface area (Å²) in [6.45, 7) is 0.682. The largest absolute Gasteiger partial charge is 0.477 e. The average Bonchev–Trinajstić information content (AvgIpc) is 3.18. The number of rotatable bonds is 6. The number of carbonyl (C=O) groups is 2. The predicted octanol–water partition coefficient (Wildman–Crippen LogP) is 4.11. The molecule has 4 aromatic rings. The van der Waals surface area contributed by atoms with Crippen LogP contribution in [0.3, 0.4) is 0 Å². The van der Waals surface area contributed by atoms with Gasteiger partial charge in [0.25, 0.3) is 5.91 Å². The molecule has 0 unspecified atom stereocenters. The van der Waals surface area contributed by atoms with Crippen LogP contribution in [0.5, 0.6) is 5.75 Å². The van der Waals surface area contributed by atoms with Gasteiger partial charge in [-0.05, 0) is 35.9 Å². The topological polar surface area (TPSA) is 90.5 Å². The first kappa shape index (κ1) is 22.3. The minimum Gasteiger partial charge on any atom is -0.477 e. The minimum atomic E-state index is -0.895. The standard InChI is InChI=1S/C25H21ClN4O3S/c26-17-10-11-19-18(12-17)28-25(30(19)13-16-6-2-1-3-7-16)34-15-23(31)29-14-22(24(27)32)33-21-9-5-4-8-20(21)29/h1-12,22H,13-15H2,(H2,27,32)/t22-/m0/s1. The van der Waals surface area contributed by atoms with Crippen molar-refractivity contribution in [1.29, 1.82) is 0 Å². The van der Waals surface area contributed by atoms with Crippen molar-refractivity contribution < 1.29 is 14.3 Å². The smallest absolute Gasteiger partial charge is 0.260 e. The van der Waals surface area contributed by atoms with Crippen LogP contribution in [0, 0.1) is 0 Å². The van der Waals surface area contributed by atoms with E-state index >= 15 is 0 Å². The normalized spacial score (nSPS) is 15.1. The van der Waals surface area contributed by atoms with Crippen LogP contribution in [0.2, 0.25) is 5.02 Å². The van der Waals surface area contributed by atoms with E-state index in [4.69, 9.17) is 27.1 Å². The predicted molar refractivity (Wildman–Crippen MR) is 133 cm³/mol. The molecule has 2 N–H and O–H groups in total. The molecule has 0 saturated heterocycles. The highest BCUT2D eigenvalue weighted by atomic mass is 35.5. The summed E-state index contributed by atoms with van der Waals surface area (Å²) >= 11 is 7.53. The second kappa shape index (κ2) is 9.40. The Hall–Kier alpha value is -3.49. The van der Waals surface area contributed by atoms with Crippen LogP contribution in [0.1, 0.15) is 5.56 Å². The lowest BCUT2D eigenvalue weighted by Gasteiger charge is -2.33. The van der Waals surface area contributed by atoms with Gasteiger partial charge in [-0.15, -0.1) is 0 Å². The summed E-state index contributed by atoms with van der Waals surface area (Å²) in [5, 5.41) is 1.31. The molecule has 2 heterocycles. The summed E-state index contributed by atoms with van der Waals surface area (Å²) < 4.78 is 7.75. The fraction of sp³-hybridized carbons (Fsp3) is 0.160. The minimum absolute atomic E-state index is 0.0712. The molecule has 1 aliphatic rings. The van der Waals surface area contributed by atoms with Crippen molar-refractivity contribution in [2.24, 2.45) is 5.73 Å². The summed E-state index contributed by atoms with van der Waals surface area (Å²) in [7, 11) is 0. The lowest BCUT2D eigenvalue weighted by Crippen LogP contribution is -2.49. The van der Waals surface area contributed by atoms with Crippen LogP contribution in [-0.2, 0) is 16.1 Å². The second-order valence-corrected chi connectivity index (χ2v) is 9.25. The number of hydrogen-bond donors (Lipinski definition) is 1. The summed E-state index contributed by atoms with van der Waals surface area (Å²) in [6.07, 6.45) is -0.895. The number of imidazole rings is 1. The van der Waals surface area contributed by atoms with Gasteiger partial charge in [0, 0.05) is 5.02 Å². The number of para-hydroxylation sites is 2. The number of thioether (sulfide) groups is 1. The number of nitrogens with zero attached hydrogens (tertiary/aromatic N) is 3. The van der Waals surface area contributed by atoms with Crippen molar-refractivity contribution in [2.75, 3.05) is 17.2 Å². The number of anilines is 1. The average molecular weight is 493 g/mol. The molecular formula is C25H21ClN4O3S. The molecule has 7 nitrogen and oxygen atoms in total. The summed E-state index contributed by atoms with van der Waals surface area (Å²) in [5.74, 6) is -0.183. The van der Waals surface area contributed by atoms with Gasteiger partial charge < -0.3 is 19.9 Å². The number of benzene rings is 3. The first-order chi connectivity index (χ1) is 16.5. The fourth-order valence-electron chi connectivity index (χ4n) is 3.93. The number of halogens is 1. The van der Waals surface area contributed by atoms with Crippen LogP contribution < -0.4 is 15.4 Å². The molecule has 9 heteroatoms. The Bertz CT molecular complexity index is 1380. The van der Waals surface area contributed by atoms with Crippen LogP contribution in [0.4, 0.5) is 5.69 Å². The van der Waals surface area contributed by atoms with Crippen LogP contribution in [0.25, 0.3) is 11.0 Å². The van der Waals surface area contributed by atoms with Gasteiger partial charge in [0.15, 0.2) is 11.3 Å². The van der Waals surface area contributed by atoms with Gasteiger partial charge >= 0.3 is 0 Å². The van der Waals surface area contributed by atoms with Gasteiger partial charge in [-0.2, -0.15) is 0 Å². The van der Waals surface area contributed by atoms with Gasteiger partial charge in [-0.25, -0.2) is 4.98 Å². The molecule has 34 heavy (non-hydrogen) atoms. The van der Waals surface area contributed by atoms with Crippen molar-refractivity contribution in [1.82, 2.24) is 9.55 Å². The van der Waals surface area contributed by atoms with Gasteiger partial charge in [0.1, 0.15) is 5.75 Å². The van der Waals surface area contributed by atoms with Crippen LogP contribution in [-0.4, -0.2) is 39.8 Å². The Kier molecular flexibility index (Phi) is 6.17. The highest BCUT2D eigenvalue weighted by Crippen LogP contribution is 2.34. The Morgan fingerprint density at radius 2 is 1.85 bits per heavy atom. The summed E-state index contributed by atoms with van der Waals surface area (Å²) in [6, 6.07) is 22.8. The third kappa shape index (κ3) is 4.47. The van der Waals surface area contributed by atoms with Gasteiger partial charge in [-0.3, -0.25) is 9.59 Å². The molecule has 0 saturated carbocycles. The molecule has 1 aliphatic heterocycles. The molecule has 0 spiro atoms. The maximum Gasteiger partial charge on any atom is 0.260 e. The van der Waals surface area contributed by atoms with Crippen LogP contribution >= 0.6 is 23.4 Å². The maximum atomic E-state index is 13.3. The molecule has 172 valence electrons. The van der Waals surface area contributed by atoms with E-state index in [9.17, 15) is 9.59 Å². The number of hydrogen-bond acceptors (Lipinski definition) is 5. The van der Waals surface area contributed by atoms with Gasteiger partial charge in [0.05, 0.1) is 35.6 Å². The van der Waals surface area contributed by atoms with E-state index < -0.39 is 12.0 Å². The molecule has 2 amide bonds. The van der Waals surface area contributed by atoms with Crippen molar-refractivity contribution in [3.8, 4) is 5.75 Å². The van der Waals surface area contributed by atoms with E-state index in [0.717, 1.165) is 16.6 Å². The second-order valence-electron chi connectivity index (χ2n) is 7.87. The molecule has 1 aromatic heterocycles. The van der Waals surface area contributed by atoms with E-state index in [1.165, 1.54) is 11.8 Å². The number of nitrogens with two attached hydrogens (primary N) is 1. The van der Waals surface area contributed by atoms with Crippen LogP contribution in [0.15, 0.2) is 78.0 Å². The molecule has 0 fully saturated rings. The number of amides is 2. The van der Waals surface area contributed by atoms with E-state index in [1.807, 2.05) is 42.5 Å². The zero-order valence-corrected chi connectivity index (χ0v) is 19.6. The SMILES string of the molecule is NC(=O)[C@@H]1CN(C(=O)CSc2nc3cc(Cl)ccc3n2Cc2ccccc2)c2ccccc2O1. The third-order valence-electron chi connectivity index (χ3n) is 5.58. The highest BCUT2D eigenvalue weighted by molar-refractivity contribution is 7.99. The van der Waals surface area contributed by atoms with E-state index in [-0.39, 0.29) is 18.2 Å². The van der Waals surface area contributed by atoms with Crippen molar-refractivity contribution in [3.63, 3.8) is 0 Å². The van der Waals surface area contributed by atoms with E-state index in [1.54, 1.807) is 23.1 Å². The lowest BCUT2D eigenvalue weighted by atomic mass is 10.2.